The number of nitrogens with zero attached hydrogens (tertiary/aromatic N) is 4. The Balaban J connectivity index is 1.51. The Kier molecular flexibility index (Phi) is 6.39. The van der Waals surface area contributed by atoms with Gasteiger partial charge in [-0.15, -0.1) is 10.2 Å². The number of hydrogen-bond donors (Lipinski definition) is 1. The topological polar surface area (TPSA) is 46.0 Å². The average Bonchev–Trinajstić information content (AvgIpc) is 3.36. The Hall–Kier alpha value is -2.65. The molecule has 1 aromatic heterocycles. The Morgan fingerprint density at radius 3 is 2.47 bits per heavy atom. The molecule has 0 unspecified atom stereocenters. The van der Waals surface area contributed by atoms with E-state index in [1.54, 1.807) is 0 Å². The number of hydrogen-bond acceptors (Lipinski definition) is 3. The van der Waals surface area contributed by atoms with Gasteiger partial charge in [0.2, 0.25) is 0 Å². The lowest BCUT2D eigenvalue weighted by Gasteiger charge is -2.27. The van der Waals surface area contributed by atoms with Crippen LogP contribution in [0.4, 0.5) is 18.9 Å². The highest BCUT2D eigenvalue weighted by molar-refractivity contribution is 7.80. The molecule has 10 heteroatoms. The van der Waals surface area contributed by atoms with Crippen LogP contribution in [0.1, 0.15) is 41.7 Å². The van der Waals surface area contributed by atoms with Crippen LogP contribution in [0.5, 0.6) is 0 Å². The van der Waals surface area contributed by atoms with Gasteiger partial charge in [-0.2, -0.15) is 13.2 Å². The molecule has 168 valence electrons. The number of aryl methyl sites for hydroxylation is 1. The molecule has 2 heterocycles. The first-order valence-corrected chi connectivity index (χ1v) is 10.9. The van der Waals surface area contributed by atoms with Crippen molar-refractivity contribution in [3.8, 4) is 0 Å². The van der Waals surface area contributed by atoms with Crippen LogP contribution in [-0.4, -0.2) is 31.3 Å². The van der Waals surface area contributed by atoms with E-state index in [2.05, 4.69) is 20.1 Å². The van der Waals surface area contributed by atoms with E-state index in [1.807, 2.05) is 36.1 Å². The Labute approximate surface area is 194 Å². The van der Waals surface area contributed by atoms with Crippen LogP contribution in [0.2, 0.25) is 5.02 Å². The van der Waals surface area contributed by atoms with Crippen molar-refractivity contribution in [2.45, 2.75) is 38.5 Å². The molecule has 0 amide bonds. The summed E-state index contributed by atoms with van der Waals surface area (Å²) in [6.07, 6.45) is -2.59. The minimum atomic E-state index is -4.37. The predicted molar refractivity (Wildman–Crippen MR) is 122 cm³/mol. The molecule has 1 N–H and O–H groups in total. The number of rotatable bonds is 4. The number of anilines is 1. The summed E-state index contributed by atoms with van der Waals surface area (Å²) in [5.74, 6) is 1.61. The normalized spacial score (nSPS) is 16.4. The molecule has 1 fully saturated rings. The summed E-state index contributed by atoms with van der Waals surface area (Å²) in [6, 6.07) is 12.4. The van der Waals surface area contributed by atoms with E-state index >= 15 is 0 Å². The van der Waals surface area contributed by atoms with Crippen LogP contribution in [0.3, 0.4) is 0 Å². The van der Waals surface area contributed by atoms with Crippen LogP contribution >= 0.6 is 23.8 Å². The van der Waals surface area contributed by atoms with Crippen molar-refractivity contribution < 1.29 is 13.2 Å². The molecular weight excluding hydrogens is 459 g/mol. The van der Waals surface area contributed by atoms with Gasteiger partial charge in [0.05, 0.1) is 18.2 Å². The zero-order chi connectivity index (χ0) is 22.9. The molecule has 0 radical (unpaired) electrons. The second-order valence-electron chi connectivity index (χ2n) is 7.67. The van der Waals surface area contributed by atoms with Gasteiger partial charge in [-0.3, -0.25) is 0 Å². The minimum absolute atomic E-state index is 0.0713. The molecule has 0 bridgehead atoms. The average molecular weight is 480 g/mol. The lowest BCUT2D eigenvalue weighted by molar-refractivity contribution is -0.137. The molecule has 0 saturated carbocycles. The summed E-state index contributed by atoms with van der Waals surface area (Å²) in [4.78, 5) is 2.02. The standard InChI is InChI=1S/C22H21ClF3N5S/c1-14-28-29-20(31(14)13-15-4-8-17(23)9-5-15)19-3-2-12-30(19)21(32)27-18-10-6-16(7-11-18)22(24,25)26/h4-11,19H,2-3,12-13H2,1H3,(H,27,32)/t19-/m1/s1. The van der Waals surface area contributed by atoms with Crippen molar-refractivity contribution in [1.29, 1.82) is 0 Å². The van der Waals surface area contributed by atoms with Gasteiger partial charge in [-0.05, 0) is 73.9 Å². The third kappa shape index (κ3) is 4.88. The molecule has 5 nitrogen and oxygen atoms in total. The highest BCUT2D eigenvalue weighted by Crippen LogP contribution is 2.33. The smallest absolute Gasteiger partial charge is 0.339 e. The van der Waals surface area contributed by atoms with Gasteiger partial charge in [-0.1, -0.05) is 23.7 Å². The molecule has 0 spiro atoms. The molecule has 3 aromatic rings. The highest BCUT2D eigenvalue weighted by atomic mass is 35.5. The van der Waals surface area contributed by atoms with Crippen molar-refractivity contribution in [3.05, 3.63) is 76.3 Å². The zero-order valence-corrected chi connectivity index (χ0v) is 18.8. The monoisotopic (exact) mass is 479 g/mol. The quantitative estimate of drug-likeness (QED) is 0.476. The fraction of sp³-hybridized carbons (Fsp3) is 0.318. The van der Waals surface area contributed by atoms with E-state index in [-0.39, 0.29) is 6.04 Å². The minimum Gasteiger partial charge on any atom is -0.339 e. The van der Waals surface area contributed by atoms with E-state index in [0.717, 1.165) is 48.7 Å². The first-order valence-electron chi connectivity index (χ1n) is 10.1. The SMILES string of the molecule is Cc1nnc([C@H]2CCCN2C(=S)Nc2ccc(C(F)(F)F)cc2)n1Cc1ccc(Cl)cc1. The number of likely N-dealkylation sites (tertiary alicyclic amines) is 1. The first-order chi connectivity index (χ1) is 15.2. The van der Waals surface area contributed by atoms with E-state index in [9.17, 15) is 13.2 Å². The number of benzene rings is 2. The van der Waals surface area contributed by atoms with E-state index in [1.165, 1.54) is 12.1 Å². The van der Waals surface area contributed by atoms with E-state index in [0.29, 0.717) is 22.4 Å². The van der Waals surface area contributed by atoms with Crippen LogP contribution < -0.4 is 5.32 Å². The molecule has 1 atom stereocenters. The molecular formula is C22H21ClF3N5S. The summed E-state index contributed by atoms with van der Waals surface area (Å²) < 4.78 is 40.5. The van der Waals surface area contributed by atoms with Crippen LogP contribution in [0.25, 0.3) is 0 Å². The molecule has 2 aromatic carbocycles. The van der Waals surface area contributed by atoms with Crippen molar-refractivity contribution >= 4 is 34.6 Å². The zero-order valence-electron chi connectivity index (χ0n) is 17.2. The third-order valence-electron chi connectivity index (χ3n) is 5.49. The number of alkyl halides is 3. The number of halogens is 4. The van der Waals surface area contributed by atoms with Crippen molar-refractivity contribution in [3.63, 3.8) is 0 Å². The molecule has 0 aliphatic carbocycles. The third-order valence-corrected chi connectivity index (χ3v) is 6.08. The maximum atomic E-state index is 12.8. The van der Waals surface area contributed by atoms with Gasteiger partial charge in [0.15, 0.2) is 10.9 Å². The Morgan fingerprint density at radius 2 is 1.81 bits per heavy atom. The summed E-state index contributed by atoms with van der Waals surface area (Å²) >= 11 is 11.6. The number of thiocarbonyl (C=S) groups is 1. The lowest BCUT2D eigenvalue weighted by atomic mass is 10.2. The summed E-state index contributed by atoms with van der Waals surface area (Å²) in [6.45, 7) is 3.24. The maximum absolute atomic E-state index is 12.8. The van der Waals surface area contributed by atoms with E-state index in [4.69, 9.17) is 23.8 Å². The second-order valence-corrected chi connectivity index (χ2v) is 8.50. The highest BCUT2D eigenvalue weighted by Gasteiger charge is 2.33. The largest absolute Gasteiger partial charge is 0.416 e. The summed E-state index contributed by atoms with van der Waals surface area (Å²) in [7, 11) is 0. The lowest BCUT2D eigenvalue weighted by Crippen LogP contribution is -2.35. The van der Waals surface area contributed by atoms with Gasteiger partial charge >= 0.3 is 6.18 Å². The van der Waals surface area contributed by atoms with Gasteiger partial charge in [0.25, 0.3) is 0 Å². The fourth-order valence-electron chi connectivity index (χ4n) is 3.83. The Morgan fingerprint density at radius 1 is 1.12 bits per heavy atom. The Bertz CT molecular complexity index is 1100. The number of nitrogens with one attached hydrogen (secondary N) is 1. The fourth-order valence-corrected chi connectivity index (χ4v) is 4.29. The van der Waals surface area contributed by atoms with Crippen LogP contribution in [-0.2, 0) is 12.7 Å². The van der Waals surface area contributed by atoms with Gasteiger partial charge in [0.1, 0.15) is 5.82 Å². The molecule has 1 saturated heterocycles. The van der Waals surface area contributed by atoms with Crippen LogP contribution in [0, 0.1) is 6.92 Å². The maximum Gasteiger partial charge on any atom is 0.416 e. The van der Waals surface area contributed by atoms with Gasteiger partial charge < -0.3 is 14.8 Å². The van der Waals surface area contributed by atoms with Crippen molar-refractivity contribution in [1.82, 2.24) is 19.7 Å². The molecule has 1 aliphatic heterocycles. The van der Waals surface area contributed by atoms with Gasteiger partial charge in [0, 0.05) is 17.3 Å². The van der Waals surface area contributed by atoms with Crippen LogP contribution in [0.15, 0.2) is 48.5 Å². The summed E-state index contributed by atoms with van der Waals surface area (Å²) in [5, 5.41) is 12.9. The molecule has 4 rings (SSSR count). The summed E-state index contributed by atoms with van der Waals surface area (Å²) in [5.41, 5.74) is 0.889. The molecule has 32 heavy (non-hydrogen) atoms. The van der Waals surface area contributed by atoms with Crippen molar-refractivity contribution in [2.75, 3.05) is 11.9 Å². The van der Waals surface area contributed by atoms with Gasteiger partial charge in [-0.25, -0.2) is 0 Å². The first kappa shape index (κ1) is 22.5. The molecule has 1 aliphatic rings. The van der Waals surface area contributed by atoms with E-state index < -0.39 is 11.7 Å². The predicted octanol–water partition coefficient (Wildman–Crippen LogP) is 5.84. The second kappa shape index (κ2) is 9.07. The van der Waals surface area contributed by atoms with Crippen molar-refractivity contribution in [2.24, 2.45) is 0 Å². The number of aromatic nitrogens is 3.